The maximum Gasteiger partial charge on any atom is 0.255 e. The summed E-state index contributed by atoms with van der Waals surface area (Å²) >= 11 is 0. The third kappa shape index (κ3) is 3.01. The molecule has 114 valence electrons. The third-order valence-corrected chi connectivity index (χ3v) is 3.49. The molecule has 0 N–H and O–H groups in total. The van der Waals surface area contributed by atoms with Crippen LogP contribution >= 0.6 is 0 Å². The van der Waals surface area contributed by atoms with E-state index < -0.39 is 0 Å². The van der Waals surface area contributed by atoms with Gasteiger partial charge in [-0.1, -0.05) is 19.0 Å². The molecule has 0 fully saturated rings. The molecule has 0 bridgehead atoms. The summed E-state index contributed by atoms with van der Waals surface area (Å²) in [4.78, 5) is 14.3. The van der Waals surface area contributed by atoms with Gasteiger partial charge in [0.1, 0.15) is 5.76 Å². The second-order valence-electron chi connectivity index (χ2n) is 6.00. The number of hydrogen-bond acceptors (Lipinski definition) is 3. The normalized spacial score (nSPS) is 11.2. The maximum absolute atomic E-state index is 12.6. The van der Waals surface area contributed by atoms with Crippen LogP contribution in [0, 0.1) is 26.7 Å². The SMILES string of the molecule is Cc1cc(-n2c(C)cc(C(=O)N(C)CC(C)C)c2C)no1. The van der Waals surface area contributed by atoms with Gasteiger partial charge in [-0.2, -0.15) is 0 Å². The van der Waals surface area contributed by atoms with Crippen molar-refractivity contribution in [1.82, 2.24) is 14.6 Å². The molecule has 0 spiro atoms. The molecular weight excluding hydrogens is 266 g/mol. The minimum absolute atomic E-state index is 0.0447. The zero-order valence-electron chi connectivity index (χ0n) is 13.6. The molecule has 2 aromatic heterocycles. The van der Waals surface area contributed by atoms with Crippen LogP contribution in [0.2, 0.25) is 0 Å². The summed E-state index contributed by atoms with van der Waals surface area (Å²) in [6, 6.07) is 3.78. The molecule has 2 heterocycles. The predicted molar refractivity (Wildman–Crippen MR) is 81.8 cm³/mol. The maximum atomic E-state index is 12.6. The number of hydrogen-bond donors (Lipinski definition) is 0. The van der Waals surface area contributed by atoms with Gasteiger partial charge >= 0.3 is 0 Å². The van der Waals surface area contributed by atoms with Crippen molar-refractivity contribution in [3.63, 3.8) is 0 Å². The van der Waals surface area contributed by atoms with Gasteiger partial charge < -0.3 is 9.42 Å². The van der Waals surface area contributed by atoms with Crippen molar-refractivity contribution in [3.05, 3.63) is 34.8 Å². The first-order valence-electron chi connectivity index (χ1n) is 7.19. The van der Waals surface area contributed by atoms with Crippen molar-refractivity contribution in [2.24, 2.45) is 5.92 Å². The van der Waals surface area contributed by atoms with Gasteiger partial charge in [0.25, 0.3) is 5.91 Å². The minimum Gasteiger partial charge on any atom is -0.360 e. The van der Waals surface area contributed by atoms with Gasteiger partial charge in [-0.3, -0.25) is 9.36 Å². The highest BCUT2D eigenvalue weighted by Gasteiger charge is 2.21. The summed E-state index contributed by atoms with van der Waals surface area (Å²) in [5.41, 5.74) is 2.58. The Bertz CT molecular complexity index is 653. The third-order valence-electron chi connectivity index (χ3n) is 3.49. The Balaban J connectivity index is 2.37. The molecule has 0 saturated heterocycles. The zero-order chi connectivity index (χ0) is 15.7. The van der Waals surface area contributed by atoms with E-state index in [1.807, 2.05) is 44.5 Å². The Kier molecular flexibility index (Phi) is 4.21. The lowest BCUT2D eigenvalue weighted by molar-refractivity contribution is 0.0778. The largest absolute Gasteiger partial charge is 0.360 e. The van der Waals surface area contributed by atoms with Crippen molar-refractivity contribution < 1.29 is 9.32 Å². The van der Waals surface area contributed by atoms with Crippen molar-refractivity contribution in [2.45, 2.75) is 34.6 Å². The predicted octanol–water partition coefficient (Wildman–Crippen LogP) is 3.12. The van der Waals surface area contributed by atoms with E-state index in [0.717, 1.165) is 29.3 Å². The Labute approximate surface area is 125 Å². The van der Waals surface area contributed by atoms with E-state index in [2.05, 4.69) is 19.0 Å². The van der Waals surface area contributed by atoms with Crippen LogP contribution in [0.25, 0.3) is 5.82 Å². The molecule has 2 rings (SSSR count). The van der Waals surface area contributed by atoms with Crippen LogP contribution in [0.4, 0.5) is 0 Å². The van der Waals surface area contributed by atoms with Crippen LogP contribution in [-0.2, 0) is 0 Å². The van der Waals surface area contributed by atoms with Gasteiger partial charge in [-0.25, -0.2) is 0 Å². The zero-order valence-corrected chi connectivity index (χ0v) is 13.6. The van der Waals surface area contributed by atoms with Gasteiger partial charge in [0.05, 0.1) is 5.56 Å². The fourth-order valence-corrected chi connectivity index (χ4v) is 2.63. The van der Waals surface area contributed by atoms with Crippen LogP contribution < -0.4 is 0 Å². The van der Waals surface area contributed by atoms with E-state index in [0.29, 0.717) is 11.7 Å². The molecule has 2 aromatic rings. The molecule has 0 radical (unpaired) electrons. The first-order valence-corrected chi connectivity index (χ1v) is 7.19. The van der Waals surface area contributed by atoms with E-state index in [4.69, 9.17) is 4.52 Å². The molecule has 5 heteroatoms. The number of carbonyl (C=O) groups excluding carboxylic acids is 1. The minimum atomic E-state index is 0.0447. The van der Waals surface area contributed by atoms with Crippen molar-refractivity contribution in [2.75, 3.05) is 13.6 Å². The summed E-state index contributed by atoms with van der Waals surface area (Å²) in [5, 5.41) is 4.04. The summed E-state index contributed by atoms with van der Waals surface area (Å²) in [6.07, 6.45) is 0. The average molecular weight is 289 g/mol. The van der Waals surface area contributed by atoms with Crippen LogP contribution in [0.1, 0.15) is 41.4 Å². The Morgan fingerprint density at radius 2 is 2.00 bits per heavy atom. The van der Waals surface area contributed by atoms with Gasteiger partial charge in [0, 0.05) is 31.0 Å². The Morgan fingerprint density at radius 1 is 1.33 bits per heavy atom. The van der Waals surface area contributed by atoms with Crippen molar-refractivity contribution in [3.8, 4) is 5.82 Å². The summed E-state index contributed by atoms with van der Waals surface area (Å²) in [5.74, 6) is 1.96. The van der Waals surface area contributed by atoms with Gasteiger partial charge in [0.15, 0.2) is 5.82 Å². The van der Waals surface area contributed by atoms with Gasteiger partial charge in [-0.15, -0.1) is 0 Å². The molecule has 0 aliphatic rings. The van der Waals surface area contributed by atoms with Crippen LogP contribution in [0.15, 0.2) is 16.7 Å². The fraction of sp³-hybridized carbons (Fsp3) is 0.500. The van der Waals surface area contributed by atoms with E-state index in [-0.39, 0.29) is 5.91 Å². The average Bonchev–Trinajstić information content (AvgIpc) is 2.91. The molecule has 0 atom stereocenters. The summed E-state index contributed by atoms with van der Waals surface area (Å²) < 4.78 is 7.08. The molecule has 0 aromatic carbocycles. The molecule has 0 aliphatic carbocycles. The van der Waals surface area contributed by atoms with Gasteiger partial charge in [0.2, 0.25) is 0 Å². The number of amides is 1. The van der Waals surface area contributed by atoms with E-state index in [9.17, 15) is 4.79 Å². The number of aryl methyl sites for hydroxylation is 2. The summed E-state index contributed by atoms with van der Waals surface area (Å²) in [7, 11) is 1.84. The van der Waals surface area contributed by atoms with Crippen LogP contribution in [0.3, 0.4) is 0 Å². The highest BCUT2D eigenvalue weighted by molar-refractivity contribution is 5.95. The quantitative estimate of drug-likeness (QED) is 0.869. The molecule has 1 amide bonds. The Hall–Kier alpha value is -2.04. The standard InChI is InChI=1S/C16H23N3O2/c1-10(2)9-18(6)16(20)14-7-11(3)19(13(14)5)15-8-12(4)21-17-15/h7-8,10H,9H2,1-6H3. The number of carbonyl (C=O) groups is 1. The molecule has 5 nitrogen and oxygen atoms in total. The lowest BCUT2D eigenvalue weighted by Crippen LogP contribution is -2.30. The first kappa shape index (κ1) is 15.4. The smallest absolute Gasteiger partial charge is 0.255 e. The monoisotopic (exact) mass is 289 g/mol. The molecule has 0 unspecified atom stereocenters. The highest BCUT2D eigenvalue weighted by atomic mass is 16.5. The van der Waals surface area contributed by atoms with E-state index in [1.165, 1.54) is 0 Å². The topological polar surface area (TPSA) is 51.3 Å². The van der Waals surface area contributed by atoms with E-state index >= 15 is 0 Å². The second kappa shape index (κ2) is 5.76. The lowest BCUT2D eigenvalue weighted by atomic mass is 10.1. The number of nitrogens with zero attached hydrogens (tertiary/aromatic N) is 3. The first-order chi connectivity index (χ1) is 9.81. The molecule has 0 aliphatic heterocycles. The molecule has 21 heavy (non-hydrogen) atoms. The van der Waals surface area contributed by atoms with Crippen molar-refractivity contribution >= 4 is 5.91 Å². The molecular formula is C16H23N3O2. The highest BCUT2D eigenvalue weighted by Crippen LogP contribution is 2.22. The second-order valence-corrected chi connectivity index (χ2v) is 6.00. The lowest BCUT2D eigenvalue weighted by Gasteiger charge is -2.19. The number of rotatable bonds is 4. The molecule has 0 saturated carbocycles. The fourth-order valence-electron chi connectivity index (χ4n) is 2.63. The van der Waals surface area contributed by atoms with Crippen LogP contribution in [-0.4, -0.2) is 34.1 Å². The Morgan fingerprint density at radius 3 is 2.52 bits per heavy atom. The van der Waals surface area contributed by atoms with Gasteiger partial charge in [-0.05, 0) is 32.8 Å². The number of aromatic nitrogens is 2. The van der Waals surface area contributed by atoms with E-state index in [1.54, 1.807) is 4.90 Å². The summed E-state index contributed by atoms with van der Waals surface area (Å²) in [6.45, 7) is 10.7. The van der Waals surface area contributed by atoms with Crippen LogP contribution in [0.5, 0.6) is 0 Å². The van der Waals surface area contributed by atoms with Crippen molar-refractivity contribution in [1.29, 1.82) is 0 Å².